The molecule has 4 heteroatoms. The fraction of sp³-hybridized carbons (Fsp3) is 0.833. The molecule has 1 amide bonds. The standard InChI is InChI=1S/C6H12N2O2/c7-4-5-6(9)8-2-1-3-10-5/h5H,1-4,7H2,(H,8,9). The molecule has 0 aromatic rings. The van der Waals surface area contributed by atoms with E-state index >= 15 is 0 Å². The molecule has 0 saturated carbocycles. The number of amides is 1. The Morgan fingerprint density at radius 2 is 2.60 bits per heavy atom. The van der Waals surface area contributed by atoms with Gasteiger partial charge in [-0.05, 0) is 6.42 Å². The summed E-state index contributed by atoms with van der Waals surface area (Å²) in [5.74, 6) is -0.0833. The minimum absolute atomic E-state index is 0.0833. The molecule has 1 aliphatic rings. The number of nitrogens with one attached hydrogen (secondary N) is 1. The van der Waals surface area contributed by atoms with Crippen molar-refractivity contribution in [1.29, 1.82) is 0 Å². The van der Waals surface area contributed by atoms with Gasteiger partial charge in [0.05, 0.1) is 0 Å². The number of hydrogen-bond acceptors (Lipinski definition) is 3. The lowest BCUT2D eigenvalue weighted by molar-refractivity contribution is -0.130. The van der Waals surface area contributed by atoms with Crippen LogP contribution in [0.5, 0.6) is 0 Å². The van der Waals surface area contributed by atoms with E-state index < -0.39 is 6.10 Å². The Labute approximate surface area is 59.7 Å². The molecule has 1 rings (SSSR count). The van der Waals surface area contributed by atoms with Crippen molar-refractivity contribution >= 4 is 5.91 Å². The fourth-order valence-corrected chi connectivity index (χ4v) is 0.874. The summed E-state index contributed by atoms with van der Waals surface area (Å²) in [6, 6.07) is 0. The summed E-state index contributed by atoms with van der Waals surface area (Å²) in [6.45, 7) is 1.60. The summed E-state index contributed by atoms with van der Waals surface area (Å²) in [4.78, 5) is 10.9. The SMILES string of the molecule is NCC1OCCCNC1=O. The zero-order valence-corrected chi connectivity index (χ0v) is 5.80. The molecule has 1 atom stereocenters. The van der Waals surface area contributed by atoms with Gasteiger partial charge >= 0.3 is 0 Å². The van der Waals surface area contributed by atoms with Crippen molar-refractivity contribution in [1.82, 2.24) is 5.32 Å². The summed E-state index contributed by atoms with van der Waals surface area (Å²) in [5, 5.41) is 2.70. The zero-order chi connectivity index (χ0) is 7.40. The normalized spacial score (nSPS) is 27.3. The molecule has 3 N–H and O–H groups in total. The van der Waals surface area contributed by atoms with Crippen LogP contribution in [0.2, 0.25) is 0 Å². The van der Waals surface area contributed by atoms with Crippen molar-refractivity contribution in [3.8, 4) is 0 Å². The van der Waals surface area contributed by atoms with E-state index in [9.17, 15) is 4.79 Å². The number of carbonyl (C=O) groups excluding carboxylic acids is 1. The van der Waals surface area contributed by atoms with Gasteiger partial charge in [0.15, 0.2) is 0 Å². The molecule has 4 nitrogen and oxygen atoms in total. The quantitative estimate of drug-likeness (QED) is 0.488. The van der Waals surface area contributed by atoms with Crippen molar-refractivity contribution in [3.05, 3.63) is 0 Å². The highest BCUT2D eigenvalue weighted by Crippen LogP contribution is 1.96. The third-order valence-electron chi connectivity index (χ3n) is 1.45. The molecule has 1 saturated heterocycles. The Morgan fingerprint density at radius 1 is 1.80 bits per heavy atom. The van der Waals surface area contributed by atoms with Crippen molar-refractivity contribution < 1.29 is 9.53 Å². The van der Waals surface area contributed by atoms with Crippen LogP contribution in [0.4, 0.5) is 0 Å². The van der Waals surface area contributed by atoms with Crippen LogP contribution in [-0.4, -0.2) is 31.7 Å². The largest absolute Gasteiger partial charge is 0.367 e. The van der Waals surface area contributed by atoms with Crippen LogP contribution in [0.3, 0.4) is 0 Å². The fourth-order valence-electron chi connectivity index (χ4n) is 0.874. The maximum Gasteiger partial charge on any atom is 0.250 e. The first kappa shape index (κ1) is 7.50. The summed E-state index contributed by atoms with van der Waals surface area (Å²) in [7, 11) is 0. The predicted molar refractivity (Wildman–Crippen MR) is 36.4 cm³/mol. The topological polar surface area (TPSA) is 64.3 Å². The highest BCUT2D eigenvalue weighted by Gasteiger charge is 2.18. The van der Waals surface area contributed by atoms with Gasteiger partial charge in [-0.2, -0.15) is 0 Å². The van der Waals surface area contributed by atoms with Crippen LogP contribution in [0.1, 0.15) is 6.42 Å². The number of ether oxygens (including phenoxy) is 1. The summed E-state index contributed by atoms with van der Waals surface area (Å²) < 4.78 is 5.13. The van der Waals surface area contributed by atoms with Crippen LogP contribution in [0, 0.1) is 0 Å². The summed E-state index contributed by atoms with van der Waals surface area (Å²) >= 11 is 0. The van der Waals surface area contributed by atoms with Crippen LogP contribution >= 0.6 is 0 Å². The molecule has 1 fully saturated rings. The molecular weight excluding hydrogens is 132 g/mol. The van der Waals surface area contributed by atoms with E-state index in [1.165, 1.54) is 0 Å². The maximum absolute atomic E-state index is 10.9. The van der Waals surface area contributed by atoms with Gasteiger partial charge in [-0.15, -0.1) is 0 Å². The maximum atomic E-state index is 10.9. The Balaban J connectivity index is 2.43. The molecule has 0 aliphatic carbocycles. The lowest BCUT2D eigenvalue weighted by atomic mass is 10.3. The average Bonchev–Trinajstić information content (AvgIpc) is 2.13. The molecule has 58 valence electrons. The minimum atomic E-state index is -0.428. The molecule has 1 unspecified atom stereocenters. The highest BCUT2D eigenvalue weighted by molar-refractivity contribution is 5.81. The van der Waals surface area contributed by atoms with Crippen molar-refractivity contribution in [2.45, 2.75) is 12.5 Å². The number of hydrogen-bond donors (Lipinski definition) is 2. The number of carbonyl (C=O) groups is 1. The molecule has 0 bridgehead atoms. The van der Waals surface area contributed by atoms with Crippen molar-refractivity contribution in [2.24, 2.45) is 5.73 Å². The first-order valence-electron chi connectivity index (χ1n) is 3.44. The molecule has 10 heavy (non-hydrogen) atoms. The van der Waals surface area contributed by atoms with Gasteiger partial charge in [-0.1, -0.05) is 0 Å². The zero-order valence-electron chi connectivity index (χ0n) is 5.80. The van der Waals surface area contributed by atoms with Crippen LogP contribution in [-0.2, 0) is 9.53 Å². The van der Waals surface area contributed by atoms with Gasteiger partial charge in [-0.25, -0.2) is 0 Å². The minimum Gasteiger partial charge on any atom is -0.367 e. The van der Waals surface area contributed by atoms with E-state index in [0.29, 0.717) is 13.2 Å². The average molecular weight is 144 g/mol. The van der Waals surface area contributed by atoms with Crippen molar-refractivity contribution in [3.63, 3.8) is 0 Å². The monoisotopic (exact) mass is 144 g/mol. The van der Waals surface area contributed by atoms with Gasteiger partial charge < -0.3 is 15.8 Å². The second-order valence-electron chi connectivity index (χ2n) is 2.24. The molecule has 0 radical (unpaired) electrons. The summed E-state index contributed by atoms with van der Waals surface area (Å²) in [6.07, 6.45) is 0.449. The highest BCUT2D eigenvalue weighted by atomic mass is 16.5. The van der Waals surface area contributed by atoms with Gasteiger partial charge in [0.1, 0.15) is 6.10 Å². The lowest BCUT2D eigenvalue weighted by Crippen LogP contribution is -2.38. The van der Waals surface area contributed by atoms with E-state index in [-0.39, 0.29) is 12.5 Å². The van der Waals surface area contributed by atoms with Gasteiger partial charge in [0.2, 0.25) is 5.91 Å². The van der Waals surface area contributed by atoms with Crippen molar-refractivity contribution in [2.75, 3.05) is 19.7 Å². The van der Waals surface area contributed by atoms with Crippen LogP contribution in [0.25, 0.3) is 0 Å². The van der Waals surface area contributed by atoms with Gasteiger partial charge in [0.25, 0.3) is 0 Å². The smallest absolute Gasteiger partial charge is 0.250 e. The first-order valence-corrected chi connectivity index (χ1v) is 3.44. The van der Waals surface area contributed by atoms with E-state index in [2.05, 4.69) is 5.32 Å². The predicted octanol–water partition coefficient (Wildman–Crippen LogP) is -1.15. The Kier molecular flexibility index (Phi) is 2.65. The lowest BCUT2D eigenvalue weighted by Gasteiger charge is -2.09. The third kappa shape index (κ3) is 1.68. The van der Waals surface area contributed by atoms with E-state index in [0.717, 1.165) is 6.42 Å². The van der Waals surface area contributed by atoms with E-state index in [4.69, 9.17) is 10.5 Å². The molecule has 0 spiro atoms. The molecule has 0 aromatic carbocycles. The van der Waals surface area contributed by atoms with E-state index in [1.807, 2.05) is 0 Å². The molecule has 1 heterocycles. The Bertz CT molecular complexity index is 127. The van der Waals surface area contributed by atoms with E-state index in [1.54, 1.807) is 0 Å². The molecular formula is C6H12N2O2. The van der Waals surface area contributed by atoms with Gasteiger partial charge in [0, 0.05) is 19.7 Å². The first-order chi connectivity index (χ1) is 4.84. The second kappa shape index (κ2) is 3.53. The Morgan fingerprint density at radius 3 is 3.30 bits per heavy atom. The molecule has 0 aromatic heterocycles. The van der Waals surface area contributed by atoms with Crippen LogP contribution in [0.15, 0.2) is 0 Å². The number of rotatable bonds is 1. The second-order valence-corrected chi connectivity index (χ2v) is 2.24. The number of nitrogens with two attached hydrogens (primary N) is 1. The molecule has 1 aliphatic heterocycles. The Hall–Kier alpha value is -0.610. The third-order valence-corrected chi connectivity index (χ3v) is 1.45. The van der Waals surface area contributed by atoms with Crippen LogP contribution < -0.4 is 11.1 Å². The van der Waals surface area contributed by atoms with Gasteiger partial charge in [-0.3, -0.25) is 4.79 Å². The summed E-state index contributed by atoms with van der Waals surface area (Å²) in [5.41, 5.74) is 5.28.